The minimum Gasteiger partial charge on any atom is -0.497 e. The van der Waals surface area contributed by atoms with Gasteiger partial charge in [0.2, 0.25) is 5.91 Å². The fourth-order valence-electron chi connectivity index (χ4n) is 5.21. The SMILES string of the molecule is COc1ccc(C2CC(=O)N(c3c(C)cccc3C)C3=C2C(=O)CC(C)(C)C3)c(OC)c1. The summed E-state index contributed by atoms with van der Waals surface area (Å²) in [6.07, 6.45) is 1.36. The van der Waals surface area contributed by atoms with Gasteiger partial charge in [0.25, 0.3) is 0 Å². The highest BCUT2D eigenvalue weighted by Gasteiger charge is 2.45. The number of carbonyl (C=O) groups is 2. The third-order valence-corrected chi connectivity index (χ3v) is 6.62. The molecule has 5 heteroatoms. The van der Waals surface area contributed by atoms with Gasteiger partial charge in [-0.2, -0.15) is 0 Å². The first-order valence-electron chi connectivity index (χ1n) is 11.0. The van der Waals surface area contributed by atoms with Crippen LogP contribution in [0.1, 0.15) is 55.7 Å². The molecule has 0 fully saturated rings. The van der Waals surface area contributed by atoms with Crippen molar-refractivity contribution in [2.24, 2.45) is 5.41 Å². The molecule has 0 radical (unpaired) electrons. The molecule has 1 atom stereocenters. The number of hydrogen-bond acceptors (Lipinski definition) is 4. The maximum atomic E-state index is 13.7. The van der Waals surface area contributed by atoms with Crippen molar-refractivity contribution in [3.05, 3.63) is 64.4 Å². The molecule has 1 amide bonds. The maximum Gasteiger partial charge on any atom is 0.232 e. The predicted molar refractivity (Wildman–Crippen MR) is 125 cm³/mol. The van der Waals surface area contributed by atoms with Crippen LogP contribution in [-0.4, -0.2) is 25.9 Å². The van der Waals surface area contributed by atoms with Crippen molar-refractivity contribution in [2.75, 3.05) is 19.1 Å². The Kier molecular flexibility index (Phi) is 5.61. The molecule has 32 heavy (non-hydrogen) atoms. The number of anilines is 1. The molecule has 0 saturated heterocycles. The molecule has 0 bridgehead atoms. The lowest BCUT2D eigenvalue weighted by atomic mass is 9.69. The van der Waals surface area contributed by atoms with Crippen LogP contribution in [0.5, 0.6) is 11.5 Å². The number of benzene rings is 2. The van der Waals surface area contributed by atoms with Crippen molar-refractivity contribution in [2.45, 2.75) is 52.9 Å². The lowest BCUT2D eigenvalue weighted by molar-refractivity contribution is -0.121. The van der Waals surface area contributed by atoms with E-state index in [-0.39, 0.29) is 29.4 Å². The van der Waals surface area contributed by atoms with Gasteiger partial charge < -0.3 is 9.47 Å². The molecule has 2 aromatic rings. The predicted octanol–water partition coefficient (Wildman–Crippen LogP) is 5.48. The van der Waals surface area contributed by atoms with Crippen molar-refractivity contribution < 1.29 is 19.1 Å². The minimum atomic E-state index is -0.331. The summed E-state index contributed by atoms with van der Waals surface area (Å²) in [4.78, 5) is 29.1. The van der Waals surface area contributed by atoms with Crippen LogP contribution in [-0.2, 0) is 9.59 Å². The first kappa shape index (κ1) is 22.1. The van der Waals surface area contributed by atoms with E-state index >= 15 is 0 Å². The Hall–Kier alpha value is -3.08. The van der Waals surface area contributed by atoms with E-state index in [1.807, 2.05) is 55.1 Å². The normalized spacial score (nSPS) is 20.3. The van der Waals surface area contributed by atoms with Gasteiger partial charge in [0.15, 0.2) is 5.78 Å². The van der Waals surface area contributed by atoms with E-state index in [0.717, 1.165) is 33.6 Å². The van der Waals surface area contributed by atoms with Crippen LogP contribution in [0.25, 0.3) is 0 Å². The third kappa shape index (κ3) is 3.70. The number of allylic oxidation sites excluding steroid dienone is 2. The molecule has 1 aliphatic heterocycles. The summed E-state index contributed by atoms with van der Waals surface area (Å²) in [7, 11) is 3.21. The van der Waals surface area contributed by atoms with Gasteiger partial charge in [-0.25, -0.2) is 0 Å². The Labute approximate surface area is 190 Å². The van der Waals surface area contributed by atoms with Crippen molar-refractivity contribution >= 4 is 17.4 Å². The number of aryl methyl sites for hydroxylation is 2. The largest absolute Gasteiger partial charge is 0.497 e. The number of para-hydroxylation sites is 1. The van der Waals surface area contributed by atoms with E-state index in [4.69, 9.17) is 9.47 Å². The minimum absolute atomic E-state index is 0.00882. The standard InChI is InChI=1S/C27H31NO4/c1-16-8-7-9-17(2)26(16)28-21-14-27(3,4)15-22(29)25(21)20(13-24(28)30)19-11-10-18(31-5)12-23(19)32-6/h7-12,20H,13-15H2,1-6H3. The number of ether oxygens (including phenoxy) is 2. The molecule has 5 nitrogen and oxygen atoms in total. The lowest BCUT2D eigenvalue weighted by Gasteiger charge is -2.43. The molecule has 2 aliphatic rings. The summed E-state index contributed by atoms with van der Waals surface area (Å²) in [5, 5.41) is 0. The fraction of sp³-hybridized carbons (Fsp3) is 0.407. The molecule has 0 spiro atoms. The molecule has 4 rings (SSSR count). The molecule has 0 aromatic heterocycles. The van der Waals surface area contributed by atoms with Crippen molar-refractivity contribution in [1.29, 1.82) is 0 Å². The van der Waals surface area contributed by atoms with Crippen LogP contribution in [0.4, 0.5) is 5.69 Å². The summed E-state index contributed by atoms with van der Waals surface area (Å²) in [5.41, 5.74) is 5.18. The van der Waals surface area contributed by atoms with Gasteiger partial charge in [0.05, 0.1) is 19.9 Å². The second kappa shape index (κ2) is 8.12. The Balaban J connectivity index is 1.95. The van der Waals surface area contributed by atoms with Gasteiger partial charge in [-0.15, -0.1) is 0 Å². The van der Waals surface area contributed by atoms with Crippen LogP contribution in [0, 0.1) is 19.3 Å². The summed E-state index contributed by atoms with van der Waals surface area (Å²) in [6, 6.07) is 11.6. The smallest absolute Gasteiger partial charge is 0.232 e. The van der Waals surface area contributed by atoms with Crippen molar-refractivity contribution in [1.82, 2.24) is 0 Å². The fourth-order valence-corrected chi connectivity index (χ4v) is 5.21. The Bertz CT molecular complexity index is 1110. The average Bonchev–Trinajstić information content (AvgIpc) is 2.73. The molecule has 168 valence electrons. The second-order valence-corrected chi connectivity index (χ2v) is 9.64. The molecule has 1 aliphatic carbocycles. The van der Waals surface area contributed by atoms with Crippen LogP contribution in [0.2, 0.25) is 0 Å². The number of methoxy groups -OCH3 is 2. The van der Waals surface area contributed by atoms with Crippen molar-refractivity contribution in [3.63, 3.8) is 0 Å². The Morgan fingerprint density at radius 1 is 0.969 bits per heavy atom. The zero-order valence-electron chi connectivity index (χ0n) is 19.7. The van der Waals surface area contributed by atoms with E-state index in [2.05, 4.69) is 13.8 Å². The average molecular weight is 434 g/mol. The third-order valence-electron chi connectivity index (χ3n) is 6.62. The summed E-state index contributed by atoms with van der Waals surface area (Å²) in [6.45, 7) is 8.23. The van der Waals surface area contributed by atoms with E-state index in [1.54, 1.807) is 14.2 Å². The zero-order chi connectivity index (χ0) is 23.2. The van der Waals surface area contributed by atoms with Crippen LogP contribution < -0.4 is 14.4 Å². The number of hydrogen-bond donors (Lipinski definition) is 0. The highest BCUT2D eigenvalue weighted by Crippen LogP contribution is 2.50. The number of carbonyl (C=O) groups excluding carboxylic acids is 2. The number of ketones is 1. The van der Waals surface area contributed by atoms with E-state index in [9.17, 15) is 9.59 Å². The topological polar surface area (TPSA) is 55.8 Å². The lowest BCUT2D eigenvalue weighted by Crippen LogP contribution is -2.44. The van der Waals surface area contributed by atoms with Crippen LogP contribution >= 0.6 is 0 Å². The van der Waals surface area contributed by atoms with Gasteiger partial charge in [0, 0.05) is 41.7 Å². The van der Waals surface area contributed by atoms with Crippen LogP contribution in [0.15, 0.2) is 47.7 Å². The monoisotopic (exact) mass is 433 g/mol. The molecular formula is C27H31NO4. The van der Waals surface area contributed by atoms with E-state index in [1.165, 1.54) is 0 Å². The van der Waals surface area contributed by atoms with Gasteiger partial charge >= 0.3 is 0 Å². The zero-order valence-corrected chi connectivity index (χ0v) is 19.7. The number of Topliss-reactive ketones (excluding diaryl/α,β-unsaturated/α-hetero) is 1. The van der Waals surface area contributed by atoms with Crippen LogP contribution in [0.3, 0.4) is 0 Å². The number of nitrogens with zero attached hydrogens (tertiary/aromatic N) is 1. The molecule has 1 heterocycles. The van der Waals surface area contributed by atoms with Gasteiger partial charge in [-0.3, -0.25) is 14.5 Å². The Morgan fingerprint density at radius 3 is 2.28 bits per heavy atom. The summed E-state index contributed by atoms with van der Waals surface area (Å²) in [5.74, 6) is 1.10. The molecule has 0 saturated carbocycles. The highest BCUT2D eigenvalue weighted by atomic mass is 16.5. The maximum absolute atomic E-state index is 13.7. The van der Waals surface area contributed by atoms with E-state index in [0.29, 0.717) is 24.3 Å². The van der Waals surface area contributed by atoms with Gasteiger partial charge in [0.1, 0.15) is 11.5 Å². The van der Waals surface area contributed by atoms with E-state index < -0.39 is 0 Å². The number of rotatable bonds is 4. The van der Waals surface area contributed by atoms with Gasteiger partial charge in [-0.05, 0) is 42.9 Å². The molecule has 0 N–H and O–H groups in total. The Morgan fingerprint density at radius 2 is 1.66 bits per heavy atom. The first-order valence-corrected chi connectivity index (χ1v) is 11.0. The molecule has 1 unspecified atom stereocenters. The summed E-state index contributed by atoms with van der Waals surface area (Å²) >= 11 is 0. The molecule has 2 aromatic carbocycles. The summed E-state index contributed by atoms with van der Waals surface area (Å²) < 4.78 is 11.0. The first-order chi connectivity index (χ1) is 15.2. The second-order valence-electron chi connectivity index (χ2n) is 9.64. The van der Waals surface area contributed by atoms with Crippen molar-refractivity contribution in [3.8, 4) is 11.5 Å². The number of amides is 1. The quantitative estimate of drug-likeness (QED) is 0.640. The molecular weight excluding hydrogens is 402 g/mol. The highest BCUT2D eigenvalue weighted by molar-refractivity contribution is 6.08. The van der Waals surface area contributed by atoms with Gasteiger partial charge in [-0.1, -0.05) is 38.1 Å².